The van der Waals surface area contributed by atoms with Crippen LogP contribution >= 0.6 is 0 Å². The fraction of sp³-hybridized carbons (Fsp3) is 0.929. The van der Waals surface area contributed by atoms with Crippen molar-refractivity contribution < 1.29 is 4.79 Å². The van der Waals surface area contributed by atoms with Crippen molar-refractivity contribution in [1.82, 2.24) is 15.5 Å². The average Bonchev–Trinajstić information content (AvgIpc) is 2.91. The minimum Gasteiger partial charge on any atom is -0.353 e. The van der Waals surface area contributed by atoms with Crippen LogP contribution in [0.25, 0.3) is 0 Å². The molecule has 4 heteroatoms. The van der Waals surface area contributed by atoms with Gasteiger partial charge in [-0.3, -0.25) is 4.79 Å². The number of nitrogens with one attached hydrogen (secondary N) is 2. The van der Waals surface area contributed by atoms with Crippen molar-refractivity contribution in [2.75, 3.05) is 27.2 Å². The molecule has 0 aromatic heterocycles. The molecule has 0 bridgehead atoms. The third kappa shape index (κ3) is 3.04. The van der Waals surface area contributed by atoms with Crippen molar-refractivity contribution in [2.45, 2.75) is 56.5 Å². The van der Waals surface area contributed by atoms with Gasteiger partial charge in [0.05, 0.1) is 6.04 Å². The van der Waals surface area contributed by atoms with Crippen LogP contribution in [-0.4, -0.2) is 49.6 Å². The lowest BCUT2D eigenvalue weighted by Crippen LogP contribution is -2.55. The zero-order valence-corrected chi connectivity index (χ0v) is 11.8. The molecule has 1 saturated carbocycles. The number of carbonyl (C=O) groups excluding carboxylic acids is 1. The van der Waals surface area contributed by atoms with Crippen molar-refractivity contribution in [3.05, 3.63) is 0 Å². The van der Waals surface area contributed by atoms with Crippen molar-refractivity contribution in [1.29, 1.82) is 0 Å². The first-order valence-electron chi connectivity index (χ1n) is 7.33. The maximum Gasteiger partial charge on any atom is 0.237 e. The Morgan fingerprint density at radius 2 is 2.00 bits per heavy atom. The van der Waals surface area contributed by atoms with Gasteiger partial charge in [0.15, 0.2) is 0 Å². The second-order valence-electron chi connectivity index (χ2n) is 6.05. The highest BCUT2D eigenvalue weighted by Crippen LogP contribution is 2.31. The van der Waals surface area contributed by atoms with Gasteiger partial charge >= 0.3 is 0 Å². The van der Waals surface area contributed by atoms with E-state index in [1.54, 1.807) is 0 Å². The van der Waals surface area contributed by atoms with Crippen LogP contribution in [0.4, 0.5) is 0 Å². The van der Waals surface area contributed by atoms with Crippen molar-refractivity contribution in [3.63, 3.8) is 0 Å². The van der Waals surface area contributed by atoms with E-state index >= 15 is 0 Å². The Morgan fingerprint density at radius 3 is 2.56 bits per heavy atom. The number of carbonyl (C=O) groups is 1. The third-order valence-electron chi connectivity index (χ3n) is 4.70. The number of amides is 1. The number of rotatable bonds is 4. The molecule has 2 aliphatic rings. The van der Waals surface area contributed by atoms with Gasteiger partial charge in [-0.2, -0.15) is 0 Å². The maximum absolute atomic E-state index is 12.1. The first-order chi connectivity index (χ1) is 8.64. The molecule has 1 aliphatic heterocycles. The van der Waals surface area contributed by atoms with E-state index in [9.17, 15) is 4.79 Å². The Bertz CT molecular complexity index is 279. The molecule has 0 radical (unpaired) electrons. The smallest absolute Gasteiger partial charge is 0.237 e. The number of nitrogens with zero attached hydrogens (tertiary/aromatic N) is 1. The second-order valence-corrected chi connectivity index (χ2v) is 6.05. The molecule has 1 unspecified atom stereocenters. The van der Waals surface area contributed by atoms with Crippen molar-refractivity contribution >= 4 is 5.91 Å². The first kappa shape index (κ1) is 13.8. The summed E-state index contributed by atoms with van der Waals surface area (Å²) in [5.74, 6) is 0.194. The number of likely N-dealkylation sites (N-methyl/N-ethyl adjacent to an activating group) is 1. The molecule has 1 aliphatic carbocycles. The Hall–Kier alpha value is -0.610. The quantitative estimate of drug-likeness (QED) is 0.789. The Balaban J connectivity index is 1.87. The molecular formula is C14H27N3O. The minimum absolute atomic E-state index is 0.0489. The van der Waals surface area contributed by atoms with E-state index in [2.05, 4.69) is 29.6 Å². The standard InChI is InChI=1S/C14H27N3O/c1-17(2)14(8-4-3-5-9-14)11-16-13(18)12-7-6-10-15-12/h12,15H,3-11H2,1-2H3,(H,16,18). The average molecular weight is 253 g/mol. The number of hydrogen-bond acceptors (Lipinski definition) is 3. The zero-order valence-electron chi connectivity index (χ0n) is 11.8. The maximum atomic E-state index is 12.1. The van der Waals surface area contributed by atoms with Crippen LogP contribution < -0.4 is 10.6 Å². The first-order valence-corrected chi connectivity index (χ1v) is 7.33. The summed E-state index contributed by atoms with van der Waals surface area (Å²) in [5.41, 5.74) is 0.187. The summed E-state index contributed by atoms with van der Waals surface area (Å²) >= 11 is 0. The van der Waals surface area contributed by atoms with Gasteiger partial charge in [-0.25, -0.2) is 0 Å². The SMILES string of the molecule is CN(C)C1(CNC(=O)C2CCCN2)CCCCC1. The molecule has 0 aromatic rings. The fourth-order valence-corrected chi connectivity index (χ4v) is 3.28. The highest BCUT2D eigenvalue weighted by atomic mass is 16.2. The molecule has 18 heavy (non-hydrogen) atoms. The van der Waals surface area contributed by atoms with E-state index in [1.165, 1.54) is 32.1 Å². The van der Waals surface area contributed by atoms with E-state index < -0.39 is 0 Å². The highest BCUT2D eigenvalue weighted by Gasteiger charge is 2.35. The van der Waals surface area contributed by atoms with Gasteiger partial charge in [0.25, 0.3) is 0 Å². The Kier molecular flexibility index (Phi) is 4.62. The van der Waals surface area contributed by atoms with Crippen LogP contribution in [0.1, 0.15) is 44.9 Å². The van der Waals surface area contributed by atoms with Crippen LogP contribution in [0, 0.1) is 0 Å². The molecule has 1 amide bonds. The van der Waals surface area contributed by atoms with Crippen LogP contribution in [0.5, 0.6) is 0 Å². The molecule has 2 fully saturated rings. The molecule has 2 rings (SSSR count). The molecule has 0 aromatic carbocycles. The largest absolute Gasteiger partial charge is 0.353 e. The molecule has 1 saturated heterocycles. The van der Waals surface area contributed by atoms with Gasteiger partial charge < -0.3 is 15.5 Å². The van der Waals surface area contributed by atoms with Crippen LogP contribution in [0.3, 0.4) is 0 Å². The van der Waals surface area contributed by atoms with Gasteiger partial charge in [0, 0.05) is 12.1 Å². The van der Waals surface area contributed by atoms with Crippen LogP contribution in [0.15, 0.2) is 0 Å². The van der Waals surface area contributed by atoms with E-state index in [4.69, 9.17) is 0 Å². The molecular weight excluding hydrogens is 226 g/mol. The van der Waals surface area contributed by atoms with E-state index in [0.717, 1.165) is 25.9 Å². The van der Waals surface area contributed by atoms with E-state index in [1.807, 2.05) is 0 Å². The zero-order chi connectivity index (χ0) is 13.0. The topological polar surface area (TPSA) is 44.4 Å². The fourth-order valence-electron chi connectivity index (χ4n) is 3.28. The summed E-state index contributed by atoms with van der Waals surface area (Å²) in [4.78, 5) is 14.4. The summed E-state index contributed by atoms with van der Waals surface area (Å²) < 4.78 is 0. The lowest BCUT2D eigenvalue weighted by Gasteiger charge is -2.43. The van der Waals surface area contributed by atoms with Crippen molar-refractivity contribution in [2.24, 2.45) is 0 Å². The van der Waals surface area contributed by atoms with Crippen LogP contribution in [-0.2, 0) is 4.79 Å². The summed E-state index contributed by atoms with van der Waals surface area (Å²) in [6, 6.07) is 0.0489. The monoisotopic (exact) mass is 253 g/mol. The highest BCUT2D eigenvalue weighted by molar-refractivity contribution is 5.82. The van der Waals surface area contributed by atoms with Gasteiger partial charge in [0.2, 0.25) is 5.91 Å². The minimum atomic E-state index is 0.0489. The summed E-state index contributed by atoms with van der Waals surface area (Å²) in [6.07, 6.45) is 8.44. The normalized spacial score (nSPS) is 27.4. The lowest BCUT2D eigenvalue weighted by atomic mass is 9.80. The molecule has 104 valence electrons. The molecule has 1 atom stereocenters. The molecule has 2 N–H and O–H groups in total. The summed E-state index contributed by atoms with van der Waals surface area (Å²) in [7, 11) is 4.29. The van der Waals surface area contributed by atoms with Crippen molar-refractivity contribution in [3.8, 4) is 0 Å². The predicted octanol–water partition coefficient (Wildman–Crippen LogP) is 1.12. The molecule has 0 spiro atoms. The summed E-state index contributed by atoms with van der Waals surface area (Å²) in [6.45, 7) is 1.79. The van der Waals surface area contributed by atoms with Gasteiger partial charge in [-0.05, 0) is 46.3 Å². The van der Waals surface area contributed by atoms with Gasteiger partial charge in [0.1, 0.15) is 0 Å². The second kappa shape index (κ2) is 6.02. The van der Waals surface area contributed by atoms with E-state index in [0.29, 0.717) is 0 Å². The Morgan fingerprint density at radius 1 is 1.28 bits per heavy atom. The lowest BCUT2D eigenvalue weighted by molar-refractivity contribution is -0.123. The number of hydrogen-bond donors (Lipinski definition) is 2. The van der Waals surface area contributed by atoms with Gasteiger partial charge in [-0.1, -0.05) is 19.3 Å². The van der Waals surface area contributed by atoms with Crippen LogP contribution in [0.2, 0.25) is 0 Å². The third-order valence-corrected chi connectivity index (χ3v) is 4.70. The molecule has 4 nitrogen and oxygen atoms in total. The van der Waals surface area contributed by atoms with Gasteiger partial charge in [-0.15, -0.1) is 0 Å². The van der Waals surface area contributed by atoms with E-state index in [-0.39, 0.29) is 17.5 Å². The summed E-state index contributed by atoms with van der Waals surface area (Å²) in [5, 5.41) is 6.43. The Labute approximate surface area is 110 Å². The molecule has 1 heterocycles. The predicted molar refractivity (Wildman–Crippen MR) is 73.5 cm³/mol.